The van der Waals surface area contributed by atoms with Gasteiger partial charge in [0, 0.05) is 22.0 Å². The SMILES string of the molecule is Cc1ccc(NC(=O)CN2C(=O)C[C@@H](c3ccco3)Sc3ccccc32)cc1Cl. The number of thioether (sulfide) groups is 1. The van der Waals surface area contributed by atoms with Gasteiger partial charge >= 0.3 is 0 Å². The zero-order chi connectivity index (χ0) is 20.4. The molecule has 148 valence electrons. The first kappa shape index (κ1) is 19.6. The molecule has 3 aromatic rings. The Labute approximate surface area is 178 Å². The molecule has 7 heteroatoms. The third-order valence-electron chi connectivity index (χ3n) is 4.70. The Morgan fingerprint density at radius 1 is 1.24 bits per heavy atom. The van der Waals surface area contributed by atoms with Crippen molar-refractivity contribution in [2.75, 3.05) is 16.8 Å². The second kappa shape index (κ2) is 8.35. The molecule has 0 spiro atoms. The Balaban J connectivity index is 1.57. The monoisotopic (exact) mass is 426 g/mol. The first-order valence-electron chi connectivity index (χ1n) is 9.17. The topological polar surface area (TPSA) is 62.6 Å². The van der Waals surface area contributed by atoms with Crippen molar-refractivity contribution in [2.45, 2.75) is 23.5 Å². The number of carbonyl (C=O) groups is 2. The Morgan fingerprint density at radius 2 is 2.07 bits per heavy atom. The maximum atomic E-state index is 13.0. The van der Waals surface area contributed by atoms with Crippen LogP contribution in [0.1, 0.15) is 23.0 Å². The maximum absolute atomic E-state index is 13.0. The van der Waals surface area contributed by atoms with Crippen LogP contribution in [0.2, 0.25) is 5.02 Å². The molecular weight excluding hydrogens is 408 g/mol. The third kappa shape index (κ3) is 4.33. The number of hydrogen-bond donors (Lipinski definition) is 1. The summed E-state index contributed by atoms with van der Waals surface area (Å²) >= 11 is 7.71. The summed E-state index contributed by atoms with van der Waals surface area (Å²) in [5.41, 5.74) is 2.26. The number of para-hydroxylation sites is 1. The van der Waals surface area contributed by atoms with Crippen LogP contribution in [0.25, 0.3) is 0 Å². The third-order valence-corrected chi connectivity index (χ3v) is 6.39. The van der Waals surface area contributed by atoms with E-state index in [1.54, 1.807) is 30.2 Å². The molecule has 0 radical (unpaired) electrons. The normalized spacial score (nSPS) is 16.3. The average Bonchev–Trinajstić information content (AvgIpc) is 3.19. The smallest absolute Gasteiger partial charge is 0.244 e. The minimum absolute atomic E-state index is 0.0766. The van der Waals surface area contributed by atoms with Gasteiger partial charge in [-0.05, 0) is 48.9 Å². The van der Waals surface area contributed by atoms with E-state index in [1.165, 1.54) is 4.90 Å². The van der Waals surface area contributed by atoms with E-state index >= 15 is 0 Å². The van der Waals surface area contributed by atoms with E-state index in [2.05, 4.69) is 5.32 Å². The number of amides is 2. The quantitative estimate of drug-likeness (QED) is 0.602. The van der Waals surface area contributed by atoms with Crippen LogP contribution in [-0.4, -0.2) is 18.4 Å². The number of hydrogen-bond acceptors (Lipinski definition) is 4. The van der Waals surface area contributed by atoms with Gasteiger partial charge in [-0.15, -0.1) is 11.8 Å². The largest absolute Gasteiger partial charge is 0.468 e. The van der Waals surface area contributed by atoms with Crippen LogP contribution in [0.15, 0.2) is 70.2 Å². The lowest BCUT2D eigenvalue weighted by molar-refractivity contribution is -0.121. The summed E-state index contributed by atoms with van der Waals surface area (Å²) in [6.07, 6.45) is 1.85. The predicted octanol–water partition coefficient (Wildman–Crippen LogP) is 5.45. The molecule has 0 fully saturated rings. The van der Waals surface area contributed by atoms with Gasteiger partial charge < -0.3 is 14.6 Å². The van der Waals surface area contributed by atoms with Gasteiger partial charge in [0.25, 0.3) is 0 Å². The molecule has 1 aliphatic rings. The molecule has 0 unspecified atom stereocenters. The highest BCUT2D eigenvalue weighted by Crippen LogP contribution is 2.45. The number of nitrogens with zero attached hydrogens (tertiary/aromatic N) is 1. The highest BCUT2D eigenvalue weighted by Gasteiger charge is 2.31. The fourth-order valence-corrected chi connectivity index (χ4v) is 4.62. The number of aryl methyl sites for hydroxylation is 1. The van der Waals surface area contributed by atoms with E-state index in [0.29, 0.717) is 10.7 Å². The first-order valence-corrected chi connectivity index (χ1v) is 10.4. The molecular formula is C22H19ClN2O3S. The molecule has 5 nitrogen and oxygen atoms in total. The number of anilines is 2. The molecule has 1 aliphatic heterocycles. The van der Waals surface area contributed by atoms with Crippen molar-refractivity contribution in [3.63, 3.8) is 0 Å². The van der Waals surface area contributed by atoms with Crippen molar-refractivity contribution < 1.29 is 14.0 Å². The van der Waals surface area contributed by atoms with Gasteiger partial charge in [-0.25, -0.2) is 0 Å². The molecule has 2 amide bonds. The van der Waals surface area contributed by atoms with Crippen molar-refractivity contribution in [2.24, 2.45) is 0 Å². The Morgan fingerprint density at radius 3 is 2.83 bits per heavy atom. The molecule has 1 aromatic heterocycles. The van der Waals surface area contributed by atoms with Gasteiger partial charge in [0.05, 0.1) is 17.2 Å². The van der Waals surface area contributed by atoms with Crippen LogP contribution >= 0.6 is 23.4 Å². The van der Waals surface area contributed by atoms with E-state index in [4.69, 9.17) is 16.0 Å². The van der Waals surface area contributed by atoms with Crippen molar-refractivity contribution >= 4 is 46.6 Å². The summed E-state index contributed by atoms with van der Waals surface area (Å²) in [6, 6.07) is 16.6. The average molecular weight is 427 g/mol. The van der Waals surface area contributed by atoms with Crippen LogP contribution in [0.5, 0.6) is 0 Å². The molecule has 1 N–H and O–H groups in total. The van der Waals surface area contributed by atoms with E-state index < -0.39 is 0 Å². The van der Waals surface area contributed by atoms with Gasteiger partial charge in [0.15, 0.2) is 0 Å². The van der Waals surface area contributed by atoms with Gasteiger partial charge in [0.1, 0.15) is 12.3 Å². The van der Waals surface area contributed by atoms with Crippen molar-refractivity contribution in [1.29, 1.82) is 0 Å². The summed E-state index contributed by atoms with van der Waals surface area (Å²) in [5, 5.41) is 3.27. The van der Waals surface area contributed by atoms with Gasteiger partial charge in [-0.3, -0.25) is 9.59 Å². The fourth-order valence-electron chi connectivity index (χ4n) is 3.20. The molecule has 2 aromatic carbocycles. The van der Waals surface area contributed by atoms with Crippen molar-refractivity contribution in [1.82, 2.24) is 0 Å². The standard InChI is InChI=1S/C22H19ClN2O3S/c1-14-8-9-15(11-16(14)23)24-21(26)13-25-17-5-2-3-7-19(17)29-20(12-22(25)27)18-6-4-10-28-18/h2-11,20H,12-13H2,1H3,(H,24,26)/t20-/m0/s1. The fraction of sp³-hybridized carbons (Fsp3) is 0.182. The Kier molecular flexibility index (Phi) is 5.65. The number of halogens is 1. The van der Waals surface area contributed by atoms with E-state index in [0.717, 1.165) is 21.9 Å². The number of benzene rings is 2. The lowest BCUT2D eigenvalue weighted by atomic mass is 10.2. The molecule has 2 heterocycles. The summed E-state index contributed by atoms with van der Waals surface area (Å²) in [4.78, 5) is 28.2. The molecule has 0 aliphatic carbocycles. The summed E-state index contributed by atoms with van der Waals surface area (Å²) < 4.78 is 5.52. The molecule has 29 heavy (non-hydrogen) atoms. The van der Waals surface area contributed by atoms with Crippen LogP contribution < -0.4 is 10.2 Å². The van der Waals surface area contributed by atoms with Crippen LogP contribution in [0, 0.1) is 6.92 Å². The van der Waals surface area contributed by atoms with Gasteiger partial charge in [0.2, 0.25) is 11.8 Å². The summed E-state index contributed by atoms with van der Waals surface area (Å²) in [5.74, 6) is 0.342. The minimum Gasteiger partial charge on any atom is -0.468 e. The molecule has 4 rings (SSSR count). The molecule has 0 saturated carbocycles. The number of furan rings is 1. The summed E-state index contributed by atoms with van der Waals surface area (Å²) in [6.45, 7) is 1.82. The molecule has 0 bridgehead atoms. The predicted molar refractivity (Wildman–Crippen MR) is 116 cm³/mol. The van der Waals surface area contributed by atoms with Gasteiger partial charge in [-0.2, -0.15) is 0 Å². The van der Waals surface area contributed by atoms with Crippen LogP contribution in [-0.2, 0) is 9.59 Å². The zero-order valence-electron chi connectivity index (χ0n) is 15.7. The van der Waals surface area contributed by atoms with E-state index in [-0.39, 0.29) is 30.0 Å². The second-order valence-electron chi connectivity index (χ2n) is 6.79. The maximum Gasteiger partial charge on any atom is 0.244 e. The first-order chi connectivity index (χ1) is 14.0. The number of fused-ring (bicyclic) bond motifs is 1. The lowest BCUT2D eigenvalue weighted by Gasteiger charge is -2.22. The van der Waals surface area contributed by atoms with Crippen molar-refractivity contribution in [3.05, 3.63) is 77.2 Å². The molecule has 1 atom stereocenters. The van der Waals surface area contributed by atoms with Gasteiger partial charge in [-0.1, -0.05) is 29.8 Å². The number of nitrogens with one attached hydrogen (secondary N) is 1. The summed E-state index contributed by atoms with van der Waals surface area (Å²) in [7, 11) is 0. The van der Waals surface area contributed by atoms with Crippen LogP contribution in [0.4, 0.5) is 11.4 Å². The highest BCUT2D eigenvalue weighted by molar-refractivity contribution is 7.99. The van der Waals surface area contributed by atoms with E-state index in [1.807, 2.05) is 49.4 Å². The van der Waals surface area contributed by atoms with Crippen LogP contribution in [0.3, 0.4) is 0 Å². The number of carbonyl (C=O) groups excluding carboxylic acids is 2. The second-order valence-corrected chi connectivity index (χ2v) is 8.44. The Bertz CT molecular complexity index is 1050. The molecule has 0 saturated heterocycles. The Hall–Kier alpha value is -2.70. The zero-order valence-corrected chi connectivity index (χ0v) is 17.3. The van der Waals surface area contributed by atoms with E-state index in [9.17, 15) is 9.59 Å². The lowest BCUT2D eigenvalue weighted by Crippen LogP contribution is -2.38. The minimum atomic E-state index is -0.283. The number of rotatable bonds is 4. The van der Waals surface area contributed by atoms with Crippen molar-refractivity contribution in [3.8, 4) is 0 Å². The highest BCUT2D eigenvalue weighted by atomic mass is 35.5.